The first-order valence-corrected chi connectivity index (χ1v) is 13.5. The summed E-state index contributed by atoms with van der Waals surface area (Å²) in [5.41, 5.74) is 0.341. The second-order valence-electron chi connectivity index (χ2n) is 8.04. The maximum Gasteiger partial charge on any atom is 0.333 e. The predicted molar refractivity (Wildman–Crippen MR) is 112 cm³/mol. The predicted octanol–water partition coefficient (Wildman–Crippen LogP) is 5.61. The Morgan fingerprint density at radius 2 is 1.46 bits per heavy atom. The van der Waals surface area contributed by atoms with Gasteiger partial charge in [0.05, 0.1) is 6.61 Å². The number of hydrogen-bond donors (Lipinski definition) is 1. The molecule has 0 heterocycles. The third-order valence-corrected chi connectivity index (χ3v) is 7.06. The molecule has 154 valence electrons. The number of esters is 1. The highest BCUT2D eigenvalue weighted by Gasteiger charge is 2.23. The number of rotatable bonds is 17. The van der Waals surface area contributed by atoms with E-state index in [0.717, 1.165) is 6.04 Å². The normalized spacial score (nSPS) is 12.8. The highest BCUT2D eigenvalue weighted by atomic mass is 28.4. The second kappa shape index (κ2) is 15.4. The van der Waals surface area contributed by atoms with Crippen LogP contribution in [0.2, 0.25) is 19.1 Å². The summed E-state index contributed by atoms with van der Waals surface area (Å²) in [6, 6.07) is 1.11. The summed E-state index contributed by atoms with van der Waals surface area (Å²) >= 11 is 0. The molecule has 1 unspecified atom stereocenters. The molecule has 5 heteroatoms. The molecule has 0 aliphatic rings. The van der Waals surface area contributed by atoms with E-state index in [4.69, 9.17) is 9.16 Å². The van der Waals surface area contributed by atoms with Gasteiger partial charge in [0.1, 0.15) is 12.7 Å². The minimum atomic E-state index is -1.75. The summed E-state index contributed by atoms with van der Waals surface area (Å²) < 4.78 is 10.9. The average Bonchev–Trinajstić information content (AvgIpc) is 2.59. The van der Waals surface area contributed by atoms with E-state index < -0.39 is 20.4 Å². The highest BCUT2D eigenvalue weighted by Crippen LogP contribution is 2.18. The van der Waals surface area contributed by atoms with Crippen LogP contribution in [0, 0.1) is 0 Å². The van der Waals surface area contributed by atoms with E-state index in [1.54, 1.807) is 6.92 Å². The van der Waals surface area contributed by atoms with Crippen molar-refractivity contribution < 1.29 is 19.1 Å². The first-order valence-electron chi connectivity index (χ1n) is 10.4. The van der Waals surface area contributed by atoms with E-state index in [0.29, 0.717) is 5.57 Å². The van der Waals surface area contributed by atoms with Gasteiger partial charge in [-0.25, -0.2) is 4.79 Å². The zero-order valence-corrected chi connectivity index (χ0v) is 18.6. The molecule has 1 atom stereocenters. The third-order valence-electron chi connectivity index (χ3n) is 4.55. The monoisotopic (exact) mass is 386 g/mol. The lowest BCUT2D eigenvalue weighted by Gasteiger charge is -2.24. The lowest BCUT2D eigenvalue weighted by molar-refractivity contribution is -0.142. The number of carbonyl (C=O) groups excluding carboxylic acids is 1. The van der Waals surface area contributed by atoms with Crippen LogP contribution in [0.4, 0.5) is 0 Å². The number of hydrogen-bond acceptors (Lipinski definition) is 4. The Morgan fingerprint density at radius 1 is 0.962 bits per heavy atom. The molecule has 0 aliphatic heterocycles. The number of aliphatic hydroxyl groups excluding tert-OH is 1. The summed E-state index contributed by atoms with van der Waals surface area (Å²) in [6.07, 6.45) is 12.6. The van der Waals surface area contributed by atoms with Crippen LogP contribution >= 0.6 is 0 Å². The van der Waals surface area contributed by atoms with E-state index in [1.807, 2.05) is 0 Å². The van der Waals surface area contributed by atoms with Crippen LogP contribution in [0.5, 0.6) is 0 Å². The molecule has 0 fully saturated rings. The fourth-order valence-electron chi connectivity index (χ4n) is 2.78. The number of aliphatic hydroxyl groups is 1. The minimum absolute atomic E-state index is 0.0333. The SMILES string of the molecule is C=C(C)C(=O)OCC(O)CO[Si](C)(C)CCCCCCCCCCCC. The van der Waals surface area contributed by atoms with Gasteiger partial charge in [0.15, 0.2) is 8.32 Å². The van der Waals surface area contributed by atoms with Crippen LogP contribution in [-0.4, -0.2) is 38.7 Å². The van der Waals surface area contributed by atoms with E-state index in [2.05, 4.69) is 26.6 Å². The van der Waals surface area contributed by atoms with Crippen molar-refractivity contribution in [2.75, 3.05) is 13.2 Å². The fraction of sp³-hybridized carbons (Fsp3) is 0.857. The quantitative estimate of drug-likeness (QED) is 0.153. The average molecular weight is 387 g/mol. The molecule has 0 saturated carbocycles. The van der Waals surface area contributed by atoms with Crippen molar-refractivity contribution in [3.8, 4) is 0 Å². The zero-order chi connectivity index (χ0) is 19.8. The smallest absolute Gasteiger partial charge is 0.333 e. The lowest BCUT2D eigenvalue weighted by Crippen LogP contribution is -2.35. The van der Waals surface area contributed by atoms with Gasteiger partial charge in [0, 0.05) is 5.57 Å². The topological polar surface area (TPSA) is 55.8 Å². The third kappa shape index (κ3) is 15.6. The maximum atomic E-state index is 11.3. The van der Waals surface area contributed by atoms with Crippen LogP contribution in [0.25, 0.3) is 0 Å². The molecule has 4 nitrogen and oxygen atoms in total. The Labute approximate surface area is 162 Å². The first-order chi connectivity index (χ1) is 12.3. The Hall–Kier alpha value is -0.653. The molecule has 0 amide bonds. The summed E-state index contributed by atoms with van der Waals surface area (Å²) in [7, 11) is -1.75. The van der Waals surface area contributed by atoms with Gasteiger partial charge in [-0.05, 0) is 26.1 Å². The minimum Gasteiger partial charge on any atom is -0.460 e. The Balaban J connectivity index is 3.63. The molecule has 0 rings (SSSR count). The molecule has 0 bridgehead atoms. The van der Waals surface area contributed by atoms with Crippen LogP contribution in [0.1, 0.15) is 78.1 Å². The maximum absolute atomic E-state index is 11.3. The fourth-order valence-corrected chi connectivity index (χ4v) is 4.66. The summed E-state index contributed by atoms with van der Waals surface area (Å²) in [6.45, 7) is 11.9. The Kier molecular flexibility index (Phi) is 15.0. The van der Waals surface area contributed by atoms with Crippen LogP contribution in [0.3, 0.4) is 0 Å². The van der Waals surface area contributed by atoms with E-state index in [-0.39, 0.29) is 13.2 Å². The molecular formula is C21H42O4Si. The summed E-state index contributed by atoms with van der Waals surface area (Å²) in [4.78, 5) is 11.3. The molecule has 0 aromatic heterocycles. The van der Waals surface area contributed by atoms with E-state index in [9.17, 15) is 9.90 Å². The molecule has 1 N–H and O–H groups in total. The van der Waals surface area contributed by atoms with Gasteiger partial charge >= 0.3 is 5.97 Å². The molecule has 0 radical (unpaired) electrons. The van der Waals surface area contributed by atoms with Gasteiger partial charge in [0.25, 0.3) is 0 Å². The number of unbranched alkanes of at least 4 members (excludes halogenated alkanes) is 9. The van der Waals surface area contributed by atoms with Crippen LogP contribution in [0.15, 0.2) is 12.2 Å². The van der Waals surface area contributed by atoms with Gasteiger partial charge in [-0.2, -0.15) is 0 Å². The van der Waals surface area contributed by atoms with Gasteiger partial charge in [-0.1, -0.05) is 77.7 Å². The van der Waals surface area contributed by atoms with E-state index >= 15 is 0 Å². The van der Waals surface area contributed by atoms with Gasteiger partial charge < -0.3 is 14.3 Å². The highest BCUT2D eigenvalue weighted by molar-refractivity contribution is 6.71. The molecule has 0 aromatic carbocycles. The van der Waals surface area contributed by atoms with Crippen molar-refractivity contribution in [2.45, 2.75) is 103 Å². The first kappa shape index (κ1) is 25.3. The number of carbonyl (C=O) groups is 1. The summed E-state index contributed by atoms with van der Waals surface area (Å²) in [5, 5.41) is 9.88. The second-order valence-corrected chi connectivity index (χ2v) is 12.3. The van der Waals surface area contributed by atoms with E-state index in [1.165, 1.54) is 64.2 Å². The number of ether oxygens (including phenoxy) is 1. The standard InChI is InChI=1S/C21H42O4Si/c1-6-7-8-9-10-11-12-13-14-15-16-26(4,5)25-18-20(22)17-24-21(23)19(2)3/h20,22H,2,6-18H2,1,3-5H3. The van der Waals surface area contributed by atoms with Crippen molar-refractivity contribution in [2.24, 2.45) is 0 Å². The van der Waals surface area contributed by atoms with Crippen molar-refractivity contribution in [3.63, 3.8) is 0 Å². The van der Waals surface area contributed by atoms with Crippen LogP contribution < -0.4 is 0 Å². The van der Waals surface area contributed by atoms with Gasteiger partial charge in [-0.3, -0.25) is 0 Å². The molecule has 0 aliphatic carbocycles. The lowest BCUT2D eigenvalue weighted by atomic mass is 10.1. The zero-order valence-electron chi connectivity index (χ0n) is 17.6. The molecule has 0 aromatic rings. The van der Waals surface area contributed by atoms with Gasteiger partial charge in [0.2, 0.25) is 0 Å². The Morgan fingerprint density at radius 3 is 1.96 bits per heavy atom. The Bertz CT molecular complexity index is 382. The molecule has 26 heavy (non-hydrogen) atoms. The van der Waals surface area contributed by atoms with Gasteiger partial charge in [-0.15, -0.1) is 0 Å². The van der Waals surface area contributed by atoms with Crippen molar-refractivity contribution >= 4 is 14.3 Å². The van der Waals surface area contributed by atoms with Crippen LogP contribution in [-0.2, 0) is 14.0 Å². The van der Waals surface area contributed by atoms with Crippen molar-refractivity contribution in [1.29, 1.82) is 0 Å². The molecule has 0 saturated heterocycles. The molecular weight excluding hydrogens is 344 g/mol. The largest absolute Gasteiger partial charge is 0.460 e. The van der Waals surface area contributed by atoms with Crippen molar-refractivity contribution in [1.82, 2.24) is 0 Å². The van der Waals surface area contributed by atoms with Crippen molar-refractivity contribution in [3.05, 3.63) is 12.2 Å². The summed E-state index contributed by atoms with van der Waals surface area (Å²) in [5.74, 6) is -0.467. The molecule has 0 spiro atoms.